The summed E-state index contributed by atoms with van der Waals surface area (Å²) in [4.78, 5) is 0. The van der Waals surface area contributed by atoms with E-state index in [1.54, 1.807) is 0 Å². The number of benzene rings is 2. The quantitative estimate of drug-likeness (QED) is 0.887. The standard InChI is InChI=1S/C18H19NO/c1-19-16-11-9-14(10-12-16)17-8-5-13-20-18(17)15-6-3-2-4-7-15/h2-4,6-7,9-12,19H,5,8,13H2,1H3. The van der Waals surface area contributed by atoms with Gasteiger partial charge in [-0.25, -0.2) is 0 Å². The Bertz CT molecular complexity index is 599. The van der Waals surface area contributed by atoms with Crippen LogP contribution in [-0.4, -0.2) is 13.7 Å². The Kier molecular flexibility index (Phi) is 3.73. The van der Waals surface area contributed by atoms with Crippen molar-refractivity contribution < 1.29 is 4.74 Å². The highest BCUT2D eigenvalue weighted by atomic mass is 16.5. The van der Waals surface area contributed by atoms with Gasteiger partial charge in [-0.2, -0.15) is 0 Å². The van der Waals surface area contributed by atoms with Gasteiger partial charge in [0.25, 0.3) is 0 Å². The minimum Gasteiger partial charge on any atom is -0.493 e. The molecule has 2 aromatic rings. The van der Waals surface area contributed by atoms with Crippen LogP contribution in [0.1, 0.15) is 24.0 Å². The van der Waals surface area contributed by atoms with E-state index in [0.717, 1.165) is 30.9 Å². The fourth-order valence-electron chi connectivity index (χ4n) is 2.58. The lowest BCUT2D eigenvalue weighted by Crippen LogP contribution is -2.06. The first-order valence-electron chi connectivity index (χ1n) is 7.08. The van der Waals surface area contributed by atoms with Crippen LogP contribution in [0.25, 0.3) is 11.3 Å². The number of anilines is 1. The summed E-state index contributed by atoms with van der Waals surface area (Å²) in [5, 5.41) is 3.15. The van der Waals surface area contributed by atoms with Gasteiger partial charge in [-0.15, -0.1) is 0 Å². The maximum atomic E-state index is 5.95. The molecule has 0 aromatic heterocycles. The summed E-state index contributed by atoms with van der Waals surface area (Å²) in [7, 11) is 1.94. The second-order valence-electron chi connectivity index (χ2n) is 4.95. The van der Waals surface area contributed by atoms with E-state index in [-0.39, 0.29) is 0 Å². The van der Waals surface area contributed by atoms with Crippen LogP contribution in [0.2, 0.25) is 0 Å². The van der Waals surface area contributed by atoms with E-state index in [9.17, 15) is 0 Å². The van der Waals surface area contributed by atoms with Crippen molar-refractivity contribution >= 4 is 17.0 Å². The fourth-order valence-corrected chi connectivity index (χ4v) is 2.58. The Morgan fingerprint density at radius 1 is 0.900 bits per heavy atom. The molecular weight excluding hydrogens is 246 g/mol. The van der Waals surface area contributed by atoms with Crippen LogP contribution in [0.3, 0.4) is 0 Å². The monoisotopic (exact) mass is 265 g/mol. The van der Waals surface area contributed by atoms with Crippen LogP contribution in [0, 0.1) is 0 Å². The van der Waals surface area contributed by atoms with Gasteiger partial charge in [0.15, 0.2) is 0 Å². The molecule has 102 valence electrons. The summed E-state index contributed by atoms with van der Waals surface area (Å²) in [6.45, 7) is 0.808. The summed E-state index contributed by atoms with van der Waals surface area (Å²) in [5.74, 6) is 1.04. The molecule has 1 heterocycles. The molecule has 1 aliphatic heterocycles. The normalized spacial score (nSPS) is 14.8. The number of ether oxygens (including phenoxy) is 1. The van der Waals surface area contributed by atoms with Crippen molar-refractivity contribution in [3.63, 3.8) is 0 Å². The van der Waals surface area contributed by atoms with Crippen LogP contribution in [0.15, 0.2) is 54.6 Å². The highest BCUT2D eigenvalue weighted by Crippen LogP contribution is 2.34. The maximum Gasteiger partial charge on any atom is 0.130 e. The molecule has 0 radical (unpaired) electrons. The van der Waals surface area contributed by atoms with Crippen molar-refractivity contribution in [2.24, 2.45) is 0 Å². The molecule has 0 unspecified atom stereocenters. The van der Waals surface area contributed by atoms with Crippen molar-refractivity contribution in [2.45, 2.75) is 12.8 Å². The Labute approximate surface area is 120 Å². The van der Waals surface area contributed by atoms with Crippen LogP contribution in [0.5, 0.6) is 0 Å². The third kappa shape index (κ3) is 2.55. The van der Waals surface area contributed by atoms with Gasteiger partial charge in [-0.05, 0) is 30.5 Å². The van der Waals surface area contributed by atoms with Crippen LogP contribution in [0.4, 0.5) is 5.69 Å². The third-order valence-corrected chi connectivity index (χ3v) is 3.65. The summed E-state index contributed by atoms with van der Waals surface area (Å²) in [5.41, 5.74) is 4.86. The average molecular weight is 265 g/mol. The molecule has 0 atom stereocenters. The Morgan fingerprint density at radius 3 is 2.35 bits per heavy atom. The van der Waals surface area contributed by atoms with E-state index in [4.69, 9.17) is 4.74 Å². The van der Waals surface area contributed by atoms with Gasteiger partial charge >= 0.3 is 0 Å². The van der Waals surface area contributed by atoms with Crippen LogP contribution >= 0.6 is 0 Å². The zero-order valence-corrected chi connectivity index (χ0v) is 11.7. The average Bonchev–Trinajstić information content (AvgIpc) is 2.56. The highest BCUT2D eigenvalue weighted by Gasteiger charge is 2.17. The smallest absolute Gasteiger partial charge is 0.130 e. The lowest BCUT2D eigenvalue weighted by molar-refractivity contribution is 0.262. The van der Waals surface area contributed by atoms with Gasteiger partial charge in [-0.3, -0.25) is 0 Å². The molecule has 3 rings (SSSR count). The number of nitrogens with one attached hydrogen (secondary N) is 1. The SMILES string of the molecule is CNc1ccc(C2=C(c3ccccc3)OCCC2)cc1. The summed E-state index contributed by atoms with van der Waals surface area (Å²) in [6, 6.07) is 18.9. The fraction of sp³-hybridized carbons (Fsp3) is 0.222. The first kappa shape index (κ1) is 12.8. The molecule has 0 aliphatic carbocycles. The highest BCUT2D eigenvalue weighted by molar-refractivity contribution is 5.88. The first-order valence-corrected chi connectivity index (χ1v) is 7.08. The van der Waals surface area contributed by atoms with Gasteiger partial charge in [-0.1, -0.05) is 42.5 Å². The second-order valence-corrected chi connectivity index (χ2v) is 4.95. The minimum atomic E-state index is 0.808. The predicted molar refractivity (Wildman–Crippen MR) is 84.4 cm³/mol. The van der Waals surface area contributed by atoms with Crippen molar-refractivity contribution in [2.75, 3.05) is 19.0 Å². The van der Waals surface area contributed by atoms with Gasteiger partial charge in [0.05, 0.1) is 6.61 Å². The largest absolute Gasteiger partial charge is 0.493 e. The van der Waals surface area contributed by atoms with Crippen molar-refractivity contribution in [3.8, 4) is 0 Å². The van der Waals surface area contributed by atoms with E-state index in [1.165, 1.54) is 16.7 Å². The molecule has 1 N–H and O–H groups in total. The topological polar surface area (TPSA) is 21.3 Å². The number of allylic oxidation sites excluding steroid dienone is 1. The Balaban J connectivity index is 2.04. The molecule has 0 bridgehead atoms. The van der Waals surface area contributed by atoms with Gasteiger partial charge < -0.3 is 10.1 Å². The zero-order chi connectivity index (χ0) is 13.8. The van der Waals surface area contributed by atoms with Gasteiger partial charge in [0.2, 0.25) is 0 Å². The maximum absolute atomic E-state index is 5.95. The molecule has 0 saturated heterocycles. The molecule has 0 spiro atoms. The lowest BCUT2D eigenvalue weighted by Gasteiger charge is -2.22. The minimum absolute atomic E-state index is 0.808. The molecule has 1 aliphatic rings. The molecule has 20 heavy (non-hydrogen) atoms. The van der Waals surface area contributed by atoms with Crippen molar-refractivity contribution in [1.82, 2.24) is 0 Å². The van der Waals surface area contributed by atoms with E-state index in [2.05, 4.69) is 53.8 Å². The number of rotatable bonds is 3. The summed E-state index contributed by atoms with van der Waals surface area (Å²) in [6.07, 6.45) is 2.16. The van der Waals surface area contributed by atoms with E-state index < -0.39 is 0 Å². The van der Waals surface area contributed by atoms with Crippen molar-refractivity contribution in [1.29, 1.82) is 0 Å². The van der Waals surface area contributed by atoms with E-state index >= 15 is 0 Å². The molecular formula is C18H19NO. The Hall–Kier alpha value is -2.22. The van der Waals surface area contributed by atoms with Crippen LogP contribution < -0.4 is 5.32 Å². The molecule has 0 saturated carbocycles. The van der Waals surface area contributed by atoms with E-state index in [0.29, 0.717) is 0 Å². The molecule has 0 amide bonds. The number of hydrogen-bond acceptors (Lipinski definition) is 2. The molecule has 2 nitrogen and oxygen atoms in total. The van der Waals surface area contributed by atoms with Gasteiger partial charge in [0.1, 0.15) is 5.76 Å². The molecule has 2 aromatic carbocycles. The Morgan fingerprint density at radius 2 is 1.65 bits per heavy atom. The second kappa shape index (κ2) is 5.83. The lowest BCUT2D eigenvalue weighted by atomic mass is 9.95. The zero-order valence-electron chi connectivity index (χ0n) is 11.7. The summed E-state index contributed by atoms with van der Waals surface area (Å²) >= 11 is 0. The van der Waals surface area contributed by atoms with Crippen molar-refractivity contribution in [3.05, 3.63) is 65.7 Å². The van der Waals surface area contributed by atoms with E-state index in [1.807, 2.05) is 13.1 Å². The van der Waals surface area contributed by atoms with Crippen LogP contribution in [-0.2, 0) is 4.74 Å². The third-order valence-electron chi connectivity index (χ3n) is 3.65. The predicted octanol–water partition coefficient (Wildman–Crippen LogP) is 4.41. The van der Waals surface area contributed by atoms with Gasteiger partial charge in [0, 0.05) is 23.9 Å². The molecule has 0 fully saturated rings. The molecule has 2 heteroatoms. The first-order chi connectivity index (χ1) is 9.88. The summed E-state index contributed by atoms with van der Waals surface area (Å²) < 4.78 is 5.95. The number of hydrogen-bond donors (Lipinski definition) is 1.